The molecule has 0 aliphatic rings. The summed E-state index contributed by atoms with van der Waals surface area (Å²) in [7, 11) is 1.81. The number of aryl methyl sites for hydroxylation is 3. The summed E-state index contributed by atoms with van der Waals surface area (Å²) in [6.45, 7) is 6.46. The molecule has 0 radical (unpaired) electrons. The van der Waals surface area contributed by atoms with Crippen LogP contribution in [-0.2, 0) is 19.4 Å². The Bertz CT molecular complexity index is 614. The number of rotatable bonds is 5. The second-order valence-corrected chi connectivity index (χ2v) is 5.25. The van der Waals surface area contributed by atoms with E-state index in [9.17, 15) is 4.79 Å². The van der Waals surface area contributed by atoms with Gasteiger partial charge in [0.05, 0.1) is 5.69 Å². The average Bonchev–Trinajstić information content (AvgIpc) is 2.88. The van der Waals surface area contributed by atoms with Crippen LogP contribution >= 0.6 is 0 Å². The Labute approximate surface area is 125 Å². The summed E-state index contributed by atoms with van der Waals surface area (Å²) >= 11 is 0. The highest BCUT2D eigenvalue weighted by Crippen LogP contribution is 2.17. The second-order valence-electron chi connectivity index (χ2n) is 5.25. The van der Waals surface area contributed by atoms with E-state index in [-0.39, 0.29) is 5.91 Å². The third-order valence-corrected chi connectivity index (χ3v) is 3.68. The Balaban J connectivity index is 2.13. The van der Waals surface area contributed by atoms with Gasteiger partial charge in [0.25, 0.3) is 5.91 Å². The second kappa shape index (κ2) is 6.57. The van der Waals surface area contributed by atoms with E-state index in [0.29, 0.717) is 24.3 Å². The summed E-state index contributed by atoms with van der Waals surface area (Å²) in [4.78, 5) is 14.3. The zero-order chi connectivity index (χ0) is 15.4. The van der Waals surface area contributed by atoms with Crippen molar-refractivity contribution < 1.29 is 9.32 Å². The predicted molar refractivity (Wildman–Crippen MR) is 82.2 cm³/mol. The molecule has 0 atom stereocenters. The van der Waals surface area contributed by atoms with Gasteiger partial charge >= 0.3 is 0 Å². The minimum absolute atomic E-state index is 0.0369. The summed E-state index contributed by atoms with van der Waals surface area (Å²) in [6, 6.07) is 8.36. The van der Waals surface area contributed by atoms with Crippen LogP contribution in [-0.4, -0.2) is 23.0 Å². The van der Waals surface area contributed by atoms with E-state index < -0.39 is 0 Å². The minimum atomic E-state index is -0.0369. The predicted octanol–water partition coefficient (Wildman–Crippen LogP) is 3.38. The highest BCUT2D eigenvalue weighted by Gasteiger charge is 2.22. The van der Waals surface area contributed by atoms with Gasteiger partial charge in [0, 0.05) is 13.6 Å². The van der Waals surface area contributed by atoms with Crippen LogP contribution in [0.3, 0.4) is 0 Å². The molecule has 0 saturated heterocycles. The van der Waals surface area contributed by atoms with Crippen LogP contribution in [0.25, 0.3) is 0 Å². The molecular weight excluding hydrogens is 264 g/mol. The molecule has 1 aromatic carbocycles. The molecule has 0 bridgehead atoms. The van der Waals surface area contributed by atoms with Crippen LogP contribution in [0, 0.1) is 6.92 Å². The molecule has 0 spiro atoms. The zero-order valence-electron chi connectivity index (χ0n) is 13.1. The monoisotopic (exact) mass is 286 g/mol. The van der Waals surface area contributed by atoms with Crippen LogP contribution in [0.1, 0.15) is 46.8 Å². The fourth-order valence-electron chi connectivity index (χ4n) is 2.35. The van der Waals surface area contributed by atoms with Crippen LogP contribution in [0.5, 0.6) is 0 Å². The van der Waals surface area contributed by atoms with Crippen LogP contribution < -0.4 is 0 Å². The molecule has 0 saturated carbocycles. The Hall–Kier alpha value is -2.10. The number of hydrogen-bond donors (Lipinski definition) is 0. The Morgan fingerprint density at radius 3 is 2.33 bits per heavy atom. The third kappa shape index (κ3) is 3.32. The maximum atomic E-state index is 12.6. The van der Waals surface area contributed by atoms with Crippen LogP contribution in [0.4, 0.5) is 0 Å². The first-order valence-corrected chi connectivity index (χ1v) is 7.35. The first-order valence-electron chi connectivity index (χ1n) is 7.35. The van der Waals surface area contributed by atoms with Gasteiger partial charge in [-0.2, -0.15) is 0 Å². The molecule has 112 valence electrons. The first-order chi connectivity index (χ1) is 10.1. The van der Waals surface area contributed by atoms with E-state index in [2.05, 4.69) is 36.3 Å². The van der Waals surface area contributed by atoms with Crippen molar-refractivity contribution in [3.63, 3.8) is 0 Å². The zero-order valence-corrected chi connectivity index (χ0v) is 13.1. The number of amides is 1. The molecule has 1 aromatic heterocycles. The van der Waals surface area contributed by atoms with Crippen molar-refractivity contribution in [1.29, 1.82) is 0 Å². The molecule has 2 rings (SSSR count). The lowest BCUT2D eigenvalue weighted by Crippen LogP contribution is -2.27. The number of hydrogen-bond acceptors (Lipinski definition) is 3. The summed E-state index contributed by atoms with van der Waals surface area (Å²) in [5.74, 6) is 0.551. The molecule has 2 aromatic rings. The van der Waals surface area contributed by atoms with Crippen molar-refractivity contribution in [2.75, 3.05) is 7.05 Å². The third-order valence-electron chi connectivity index (χ3n) is 3.68. The summed E-state index contributed by atoms with van der Waals surface area (Å²) in [5.41, 5.74) is 3.75. The number of aromatic nitrogens is 1. The van der Waals surface area contributed by atoms with E-state index in [1.807, 2.05) is 14.0 Å². The molecule has 4 nitrogen and oxygen atoms in total. The topological polar surface area (TPSA) is 46.3 Å². The van der Waals surface area contributed by atoms with Crippen molar-refractivity contribution in [1.82, 2.24) is 10.1 Å². The molecule has 0 aliphatic heterocycles. The lowest BCUT2D eigenvalue weighted by atomic mass is 10.1. The Morgan fingerprint density at radius 2 is 1.76 bits per heavy atom. The van der Waals surface area contributed by atoms with Gasteiger partial charge in [-0.25, -0.2) is 0 Å². The van der Waals surface area contributed by atoms with Crippen LogP contribution in [0.2, 0.25) is 0 Å². The Morgan fingerprint density at radius 1 is 1.14 bits per heavy atom. The fourth-order valence-corrected chi connectivity index (χ4v) is 2.35. The van der Waals surface area contributed by atoms with Gasteiger partial charge in [-0.1, -0.05) is 43.3 Å². The highest BCUT2D eigenvalue weighted by atomic mass is 16.5. The average molecular weight is 286 g/mol. The lowest BCUT2D eigenvalue weighted by molar-refractivity contribution is 0.0782. The van der Waals surface area contributed by atoms with Gasteiger partial charge in [0.15, 0.2) is 0 Å². The molecule has 0 aliphatic carbocycles. The maximum absolute atomic E-state index is 12.6. The maximum Gasteiger partial charge on any atom is 0.259 e. The SMILES string of the molecule is CCc1ccc(CN(C)C(=O)c2c(CC)noc2C)cc1. The number of benzene rings is 1. The number of nitrogens with zero attached hydrogens (tertiary/aromatic N) is 2. The summed E-state index contributed by atoms with van der Waals surface area (Å²) < 4.78 is 5.14. The van der Waals surface area contributed by atoms with Gasteiger partial charge in [-0.15, -0.1) is 0 Å². The summed E-state index contributed by atoms with van der Waals surface area (Å²) in [5, 5.41) is 3.94. The quantitative estimate of drug-likeness (QED) is 0.846. The van der Waals surface area contributed by atoms with Crippen molar-refractivity contribution in [3.8, 4) is 0 Å². The lowest BCUT2D eigenvalue weighted by Gasteiger charge is -2.17. The fraction of sp³-hybridized carbons (Fsp3) is 0.412. The van der Waals surface area contributed by atoms with E-state index in [1.54, 1.807) is 11.8 Å². The highest BCUT2D eigenvalue weighted by molar-refractivity contribution is 5.96. The van der Waals surface area contributed by atoms with Gasteiger partial charge in [-0.3, -0.25) is 4.79 Å². The molecule has 4 heteroatoms. The van der Waals surface area contributed by atoms with E-state index in [1.165, 1.54) is 5.56 Å². The van der Waals surface area contributed by atoms with Crippen molar-refractivity contribution in [2.24, 2.45) is 0 Å². The van der Waals surface area contributed by atoms with Gasteiger partial charge in [0.2, 0.25) is 0 Å². The molecule has 1 heterocycles. The van der Waals surface area contributed by atoms with Gasteiger partial charge in [-0.05, 0) is 30.9 Å². The van der Waals surface area contributed by atoms with Gasteiger partial charge in [0.1, 0.15) is 11.3 Å². The standard InChI is InChI=1S/C17H22N2O2/c1-5-13-7-9-14(10-8-13)11-19(4)17(20)16-12(3)21-18-15(16)6-2/h7-10H,5-6,11H2,1-4H3. The molecule has 1 amide bonds. The van der Waals surface area contributed by atoms with E-state index in [4.69, 9.17) is 4.52 Å². The van der Waals surface area contributed by atoms with E-state index >= 15 is 0 Å². The molecule has 0 N–H and O–H groups in total. The molecule has 21 heavy (non-hydrogen) atoms. The first kappa shape index (κ1) is 15.3. The van der Waals surface area contributed by atoms with Crippen molar-refractivity contribution >= 4 is 5.91 Å². The van der Waals surface area contributed by atoms with E-state index in [0.717, 1.165) is 17.7 Å². The normalized spacial score (nSPS) is 10.7. The van der Waals surface area contributed by atoms with Crippen LogP contribution in [0.15, 0.2) is 28.8 Å². The Kier molecular flexibility index (Phi) is 4.78. The molecular formula is C17H22N2O2. The van der Waals surface area contributed by atoms with Gasteiger partial charge < -0.3 is 9.42 Å². The minimum Gasteiger partial charge on any atom is -0.361 e. The molecule has 0 fully saturated rings. The van der Waals surface area contributed by atoms with Crippen molar-refractivity contribution in [2.45, 2.75) is 40.2 Å². The summed E-state index contributed by atoms with van der Waals surface area (Å²) in [6.07, 6.45) is 1.71. The van der Waals surface area contributed by atoms with Crippen molar-refractivity contribution in [3.05, 3.63) is 52.4 Å². The number of carbonyl (C=O) groups is 1. The number of carbonyl (C=O) groups excluding carboxylic acids is 1. The molecule has 0 unspecified atom stereocenters. The largest absolute Gasteiger partial charge is 0.361 e. The smallest absolute Gasteiger partial charge is 0.259 e.